The molecule has 0 aliphatic carbocycles. The van der Waals surface area contributed by atoms with Gasteiger partial charge in [-0.25, -0.2) is 0 Å². The Morgan fingerprint density at radius 2 is 2.17 bits per heavy atom. The summed E-state index contributed by atoms with van der Waals surface area (Å²) in [6.45, 7) is 7.70. The van der Waals surface area contributed by atoms with Crippen LogP contribution in [0.4, 0.5) is 0 Å². The average molecular weight is 170 g/mol. The van der Waals surface area contributed by atoms with E-state index in [0.29, 0.717) is 0 Å². The molecule has 0 amide bonds. The highest BCUT2D eigenvalue weighted by Crippen LogP contribution is 2.11. The van der Waals surface area contributed by atoms with E-state index in [1.54, 1.807) is 0 Å². The molecule has 0 saturated heterocycles. The van der Waals surface area contributed by atoms with E-state index in [2.05, 4.69) is 11.3 Å². The fraction of sp³-hybridized carbons (Fsp3) is 0.700. The predicted octanol–water partition coefficient (Wildman–Crippen LogP) is 2.54. The maximum atomic E-state index is 10.9. The van der Waals surface area contributed by atoms with Gasteiger partial charge in [-0.2, -0.15) is 0 Å². The summed E-state index contributed by atoms with van der Waals surface area (Å²) in [6, 6.07) is 0. The molecule has 12 heavy (non-hydrogen) atoms. The second-order valence-corrected chi connectivity index (χ2v) is 3.27. The van der Waals surface area contributed by atoms with Gasteiger partial charge >= 0.3 is 5.97 Å². The summed E-state index contributed by atoms with van der Waals surface area (Å²) in [5.41, 5.74) is 1.17. The number of hydrogen-bond donors (Lipinski definition) is 0. The molecule has 70 valence electrons. The molecule has 2 nitrogen and oxygen atoms in total. The second-order valence-electron chi connectivity index (χ2n) is 3.27. The van der Waals surface area contributed by atoms with Crippen LogP contribution in [0.1, 0.15) is 33.1 Å². The van der Waals surface area contributed by atoms with E-state index in [1.165, 1.54) is 12.7 Å². The minimum atomic E-state index is -0.114. The molecule has 0 heterocycles. The summed E-state index contributed by atoms with van der Waals surface area (Å²) in [4.78, 5) is 10.9. The van der Waals surface area contributed by atoms with Crippen LogP contribution in [0.15, 0.2) is 12.2 Å². The average Bonchev–Trinajstić information content (AvgIpc) is 2.02. The van der Waals surface area contributed by atoms with Gasteiger partial charge in [0.1, 0.15) is 0 Å². The molecule has 2 heteroatoms. The summed E-state index contributed by atoms with van der Waals surface area (Å²) in [5, 5.41) is 0. The van der Waals surface area contributed by atoms with Gasteiger partial charge in [0.2, 0.25) is 0 Å². The van der Waals surface area contributed by atoms with Crippen LogP contribution in [0.3, 0.4) is 0 Å². The Bertz CT molecular complexity index is 161. The predicted molar refractivity (Wildman–Crippen MR) is 49.8 cm³/mol. The number of rotatable bonds is 5. The Morgan fingerprint density at radius 3 is 2.58 bits per heavy atom. The highest BCUT2D eigenvalue weighted by atomic mass is 16.5. The minimum Gasteiger partial charge on any atom is -0.469 e. The molecule has 0 fully saturated rings. The molecule has 0 bridgehead atoms. The van der Waals surface area contributed by atoms with Crippen molar-refractivity contribution < 1.29 is 9.53 Å². The summed E-state index contributed by atoms with van der Waals surface area (Å²) < 4.78 is 4.61. The number of esters is 1. The number of carbonyl (C=O) groups is 1. The molecule has 0 aromatic heterocycles. The smallest absolute Gasteiger partial charge is 0.308 e. The fourth-order valence-electron chi connectivity index (χ4n) is 1.03. The molecule has 0 aliphatic heterocycles. The van der Waals surface area contributed by atoms with Gasteiger partial charge in [-0.15, -0.1) is 6.58 Å². The Kier molecular flexibility index (Phi) is 5.43. The van der Waals surface area contributed by atoms with Crippen LogP contribution in [-0.2, 0) is 9.53 Å². The van der Waals surface area contributed by atoms with Gasteiger partial charge in [0, 0.05) is 0 Å². The van der Waals surface area contributed by atoms with E-state index < -0.39 is 0 Å². The molecule has 0 aliphatic rings. The largest absolute Gasteiger partial charge is 0.469 e. The van der Waals surface area contributed by atoms with Crippen LogP contribution in [0, 0.1) is 5.92 Å². The van der Waals surface area contributed by atoms with Crippen molar-refractivity contribution in [2.24, 2.45) is 5.92 Å². The molecule has 0 aromatic carbocycles. The zero-order valence-electron chi connectivity index (χ0n) is 8.22. The minimum absolute atomic E-state index is 0.0225. The fourth-order valence-corrected chi connectivity index (χ4v) is 1.03. The first-order chi connectivity index (χ1) is 5.57. The van der Waals surface area contributed by atoms with Crippen molar-refractivity contribution in [1.29, 1.82) is 0 Å². The van der Waals surface area contributed by atoms with Gasteiger partial charge in [-0.1, -0.05) is 12.5 Å². The first-order valence-corrected chi connectivity index (χ1v) is 4.30. The van der Waals surface area contributed by atoms with Crippen LogP contribution in [-0.4, -0.2) is 13.1 Å². The van der Waals surface area contributed by atoms with Crippen molar-refractivity contribution >= 4 is 5.97 Å². The van der Waals surface area contributed by atoms with Crippen molar-refractivity contribution in [2.45, 2.75) is 33.1 Å². The quantitative estimate of drug-likeness (QED) is 0.468. The molecular formula is C10H18O2. The van der Waals surface area contributed by atoms with Crippen LogP contribution in [0.25, 0.3) is 0 Å². The third-order valence-electron chi connectivity index (χ3n) is 1.84. The van der Waals surface area contributed by atoms with Gasteiger partial charge < -0.3 is 4.74 Å². The SMILES string of the molecule is C=C(C)CCCC(C)C(=O)OC. The van der Waals surface area contributed by atoms with Crippen molar-refractivity contribution in [2.75, 3.05) is 7.11 Å². The summed E-state index contributed by atoms with van der Waals surface area (Å²) >= 11 is 0. The van der Waals surface area contributed by atoms with E-state index >= 15 is 0 Å². The maximum absolute atomic E-state index is 10.9. The highest BCUT2D eigenvalue weighted by Gasteiger charge is 2.11. The van der Waals surface area contributed by atoms with Crippen LogP contribution < -0.4 is 0 Å². The van der Waals surface area contributed by atoms with E-state index in [-0.39, 0.29) is 11.9 Å². The summed E-state index contributed by atoms with van der Waals surface area (Å²) in [7, 11) is 1.43. The number of ether oxygens (including phenoxy) is 1. The molecule has 1 atom stereocenters. The number of carbonyl (C=O) groups excluding carboxylic acids is 1. The third-order valence-corrected chi connectivity index (χ3v) is 1.84. The lowest BCUT2D eigenvalue weighted by molar-refractivity contribution is -0.145. The van der Waals surface area contributed by atoms with Crippen LogP contribution in [0.5, 0.6) is 0 Å². The molecule has 0 N–H and O–H groups in total. The zero-order valence-corrected chi connectivity index (χ0v) is 8.22. The van der Waals surface area contributed by atoms with Gasteiger partial charge in [-0.05, 0) is 26.2 Å². The van der Waals surface area contributed by atoms with Crippen molar-refractivity contribution in [3.63, 3.8) is 0 Å². The summed E-state index contributed by atoms with van der Waals surface area (Å²) in [6.07, 6.45) is 2.91. The van der Waals surface area contributed by atoms with E-state index in [0.717, 1.165) is 19.3 Å². The van der Waals surface area contributed by atoms with Crippen molar-refractivity contribution in [3.8, 4) is 0 Å². The summed E-state index contributed by atoms with van der Waals surface area (Å²) in [5.74, 6) is -0.0916. The lowest BCUT2D eigenvalue weighted by Crippen LogP contribution is -2.12. The van der Waals surface area contributed by atoms with E-state index in [1.807, 2.05) is 13.8 Å². The van der Waals surface area contributed by atoms with Crippen LogP contribution in [0.2, 0.25) is 0 Å². The number of hydrogen-bond acceptors (Lipinski definition) is 2. The normalized spacial score (nSPS) is 12.2. The second kappa shape index (κ2) is 5.81. The number of allylic oxidation sites excluding steroid dienone is 1. The van der Waals surface area contributed by atoms with Crippen molar-refractivity contribution in [1.82, 2.24) is 0 Å². The Balaban J connectivity index is 3.50. The Labute approximate surface area is 74.6 Å². The molecule has 0 rings (SSSR count). The lowest BCUT2D eigenvalue weighted by Gasteiger charge is -2.07. The van der Waals surface area contributed by atoms with Gasteiger partial charge in [0.25, 0.3) is 0 Å². The van der Waals surface area contributed by atoms with E-state index in [4.69, 9.17) is 0 Å². The maximum Gasteiger partial charge on any atom is 0.308 e. The standard InChI is InChI=1S/C10H18O2/c1-8(2)6-5-7-9(3)10(11)12-4/h9H,1,5-7H2,2-4H3. The topological polar surface area (TPSA) is 26.3 Å². The Hall–Kier alpha value is -0.790. The molecule has 1 unspecified atom stereocenters. The van der Waals surface area contributed by atoms with Crippen molar-refractivity contribution in [3.05, 3.63) is 12.2 Å². The van der Waals surface area contributed by atoms with E-state index in [9.17, 15) is 4.79 Å². The Morgan fingerprint density at radius 1 is 1.58 bits per heavy atom. The highest BCUT2D eigenvalue weighted by molar-refractivity contribution is 5.71. The van der Waals surface area contributed by atoms with Gasteiger partial charge in [0.05, 0.1) is 13.0 Å². The van der Waals surface area contributed by atoms with Crippen LogP contribution >= 0.6 is 0 Å². The first-order valence-electron chi connectivity index (χ1n) is 4.30. The third kappa shape index (κ3) is 4.94. The lowest BCUT2D eigenvalue weighted by atomic mass is 10.0. The molecule has 0 aromatic rings. The molecule has 0 radical (unpaired) electrons. The van der Waals surface area contributed by atoms with Gasteiger partial charge in [0.15, 0.2) is 0 Å². The zero-order chi connectivity index (χ0) is 9.56. The number of methoxy groups -OCH3 is 1. The molecule has 0 saturated carbocycles. The monoisotopic (exact) mass is 170 g/mol. The van der Waals surface area contributed by atoms with Gasteiger partial charge in [-0.3, -0.25) is 4.79 Å². The molecule has 0 spiro atoms. The molecular weight excluding hydrogens is 152 g/mol. The first kappa shape index (κ1) is 11.2.